The van der Waals surface area contributed by atoms with E-state index in [-0.39, 0.29) is 16.4 Å². The summed E-state index contributed by atoms with van der Waals surface area (Å²) in [5, 5.41) is 15.8. The molecule has 12 heavy (non-hydrogen) atoms. The molecular formula is C4H12O8. The topological polar surface area (TPSA) is 178 Å². The lowest BCUT2D eigenvalue weighted by molar-refractivity contribution is -0.148. The molecule has 0 unspecified atom stereocenters. The molecule has 0 bridgehead atoms. The predicted octanol–water partition coefficient (Wildman–Crippen LogP) is -3.30. The van der Waals surface area contributed by atoms with Gasteiger partial charge in [0.25, 0.3) is 0 Å². The van der Waals surface area contributed by atoms with Crippen molar-refractivity contribution in [3.63, 3.8) is 0 Å². The first kappa shape index (κ1) is 22.4. The van der Waals surface area contributed by atoms with Crippen LogP contribution in [0.4, 0.5) is 0 Å². The monoisotopic (exact) mass is 188 g/mol. The predicted molar refractivity (Wildman–Crippen MR) is 36.9 cm³/mol. The summed E-state index contributed by atoms with van der Waals surface area (Å²) >= 11 is 0. The van der Waals surface area contributed by atoms with E-state index >= 15 is 0 Å². The molecule has 0 aromatic rings. The first-order chi connectivity index (χ1) is 4.13. The average molecular weight is 188 g/mol. The van der Waals surface area contributed by atoms with E-state index in [1.165, 1.54) is 0 Å². The minimum Gasteiger partial charge on any atom is -0.480 e. The summed E-state index contributed by atoms with van der Waals surface area (Å²) in [6, 6.07) is 0. The molecule has 76 valence electrons. The lowest BCUT2D eigenvalue weighted by Gasteiger charge is -1.92. The van der Waals surface area contributed by atoms with Crippen LogP contribution in [0.3, 0.4) is 0 Å². The summed E-state index contributed by atoms with van der Waals surface area (Å²) in [5.74, 6) is -2.34. The van der Waals surface area contributed by atoms with Gasteiger partial charge >= 0.3 is 11.9 Å². The highest BCUT2D eigenvalue weighted by Gasteiger charge is 1.98. The van der Waals surface area contributed by atoms with Gasteiger partial charge in [0.2, 0.25) is 0 Å². The fraction of sp³-hybridized carbons (Fsp3) is 0.500. The van der Waals surface area contributed by atoms with E-state index in [1.54, 1.807) is 0 Å². The number of carboxylic acids is 2. The van der Waals surface area contributed by atoms with Crippen LogP contribution in [0.15, 0.2) is 0 Å². The Morgan fingerprint density at radius 2 is 1.17 bits per heavy atom. The molecule has 0 aromatic carbocycles. The molecule has 0 aliphatic rings. The van der Waals surface area contributed by atoms with Gasteiger partial charge in [0.05, 0.1) is 0 Å². The third-order valence-electron chi connectivity index (χ3n) is 0.451. The number of aliphatic carboxylic acids is 2. The highest BCUT2D eigenvalue weighted by Crippen LogP contribution is 1.73. The van der Waals surface area contributed by atoms with Gasteiger partial charge in [0, 0.05) is 0 Å². The molecule has 0 radical (unpaired) electrons. The van der Waals surface area contributed by atoms with Crippen molar-refractivity contribution >= 4 is 11.9 Å². The first-order valence-electron chi connectivity index (χ1n) is 2.14. The van der Waals surface area contributed by atoms with Gasteiger partial charge in [-0.1, -0.05) is 0 Å². The molecule has 0 saturated heterocycles. The van der Waals surface area contributed by atoms with Crippen LogP contribution in [-0.4, -0.2) is 51.8 Å². The molecule has 8 heteroatoms. The molecule has 0 rings (SSSR count). The van der Waals surface area contributed by atoms with Gasteiger partial charge in [-0.15, -0.1) is 0 Å². The van der Waals surface area contributed by atoms with Crippen LogP contribution in [-0.2, 0) is 14.3 Å². The Kier molecular flexibility index (Phi) is 23.3. The molecule has 0 spiro atoms. The molecule has 0 saturated carbocycles. The van der Waals surface area contributed by atoms with E-state index < -0.39 is 25.2 Å². The standard InChI is InChI=1S/C4H6O5.3H2O/c5-3(6)1-9-2-4(7)8;;;/h1-2H2,(H,5,6)(H,7,8);3*1H2. The van der Waals surface area contributed by atoms with Crippen molar-refractivity contribution in [2.24, 2.45) is 0 Å². The Bertz CT molecular complexity index is 106. The Labute approximate surface area is 67.3 Å². The van der Waals surface area contributed by atoms with Crippen LogP contribution in [0.25, 0.3) is 0 Å². The number of hydrogen-bond donors (Lipinski definition) is 2. The van der Waals surface area contributed by atoms with Crippen molar-refractivity contribution in [1.29, 1.82) is 0 Å². The van der Waals surface area contributed by atoms with Crippen LogP contribution in [0.2, 0.25) is 0 Å². The van der Waals surface area contributed by atoms with Gasteiger partial charge in [-0.3, -0.25) is 0 Å². The molecule has 0 aliphatic carbocycles. The van der Waals surface area contributed by atoms with Crippen LogP contribution in [0.1, 0.15) is 0 Å². The van der Waals surface area contributed by atoms with E-state index in [0.717, 1.165) is 0 Å². The van der Waals surface area contributed by atoms with E-state index in [9.17, 15) is 9.59 Å². The number of hydrogen-bond acceptors (Lipinski definition) is 3. The van der Waals surface area contributed by atoms with Crippen molar-refractivity contribution < 1.29 is 41.0 Å². The van der Waals surface area contributed by atoms with E-state index in [4.69, 9.17) is 10.2 Å². The highest BCUT2D eigenvalue weighted by molar-refractivity contribution is 5.70. The summed E-state index contributed by atoms with van der Waals surface area (Å²) in [5.41, 5.74) is 0. The van der Waals surface area contributed by atoms with E-state index in [2.05, 4.69) is 4.74 Å². The van der Waals surface area contributed by atoms with Gasteiger partial charge < -0.3 is 31.4 Å². The molecule has 8 N–H and O–H groups in total. The van der Waals surface area contributed by atoms with E-state index in [0.29, 0.717) is 0 Å². The zero-order valence-electron chi connectivity index (χ0n) is 6.03. The van der Waals surface area contributed by atoms with Crippen LogP contribution in [0, 0.1) is 0 Å². The van der Waals surface area contributed by atoms with Gasteiger partial charge in [0.15, 0.2) is 0 Å². The minimum absolute atomic E-state index is 0. The maximum absolute atomic E-state index is 9.66. The summed E-state index contributed by atoms with van der Waals surface area (Å²) in [6.45, 7) is -1.13. The summed E-state index contributed by atoms with van der Waals surface area (Å²) in [4.78, 5) is 19.3. The number of carbonyl (C=O) groups is 2. The second-order valence-electron chi connectivity index (χ2n) is 1.28. The molecule has 8 nitrogen and oxygen atoms in total. The molecule has 0 atom stereocenters. The lowest BCUT2D eigenvalue weighted by Crippen LogP contribution is -2.13. The minimum atomic E-state index is -1.17. The first-order valence-corrected chi connectivity index (χ1v) is 2.14. The lowest BCUT2D eigenvalue weighted by atomic mass is 10.7. The smallest absolute Gasteiger partial charge is 0.329 e. The van der Waals surface area contributed by atoms with Crippen LogP contribution >= 0.6 is 0 Å². The van der Waals surface area contributed by atoms with Crippen molar-refractivity contribution in [2.75, 3.05) is 13.2 Å². The Morgan fingerprint density at radius 3 is 1.33 bits per heavy atom. The van der Waals surface area contributed by atoms with Crippen molar-refractivity contribution in [3.8, 4) is 0 Å². The fourth-order valence-corrected chi connectivity index (χ4v) is 0.226. The van der Waals surface area contributed by atoms with Gasteiger partial charge in [-0.25, -0.2) is 9.59 Å². The third-order valence-corrected chi connectivity index (χ3v) is 0.451. The molecule has 0 fully saturated rings. The second-order valence-corrected chi connectivity index (χ2v) is 1.28. The number of ether oxygens (including phenoxy) is 1. The maximum Gasteiger partial charge on any atom is 0.329 e. The van der Waals surface area contributed by atoms with Crippen molar-refractivity contribution in [3.05, 3.63) is 0 Å². The SMILES string of the molecule is O.O.O.O=C(O)COCC(=O)O. The number of rotatable bonds is 4. The molecule has 0 aliphatic heterocycles. The Hall–Kier alpha value is -1.22. The van der Waals surface area contributed by atoms with Crippen LogP contribution < -0.4 is 0 Å². The zero-order valence-corrected chi connectivity index (χ0v) is 6.03. The Balaban J connectivity index is -0.000000107. The largest absolute Gasteiger partial charge is 0.480 e. The molecule has 0 amide bonds. The zero-order chi connectivity index (χ0) is 7.28. The Morgan fingerprint density at radius 1 is 0.917 bits per heavy atom. The summed E-state index contributed by atoms with van der Waals surface area (Å²) in [7, 11) is 0. The molecular weight excluding hydrogens is 176 g/mol. The maximum atomic E-state index is 9.66. The highest BCUT2D eigenvalue weighted by atomic mass is 16.5. The second kappa shape index (κ2) is 12.5. The fourth-order valence-electron chi connectivity index (χ4n) is 0.226. The normalized spacial score (nSPS) is 6.67. The average Bonchev–Trinajstić information content (AvgIpc) is 1.63. The van der Waals surface area contributed by atoms with Crippen molar-refractivity contribution in [2.45, 2.75) is 0 Å². The van der Waals surface area contributed by atoms with Gasteiger partial charge in [0.1, 0.15) is 13.2 Å². The quantitative estimate of drug-likeness (QED) is 0.468. The third kappa shape index (κ3) is 23.3. The molecule has 0 aromatic heterocycles. The molecule has 0 heterocycles. The number of carboxylic acid groups (broad SMARTS) is 2. The van der Waals surface area contributed by atoms with Gasteiger partial charge in [-0.2, -0.15) is 0 Å². The summed E-state index contributed by atoms with van der Waals surface area (Å²) in [6.07, 6.45) is 0. The van der Waals surface area contributed by atoms with Crippen LogP contribution in [0.5, 0.6) is 0 Å². The van der Waals surface area contributed by atoms with Gasteiger partial charge in [-0.05, 0) is 0 Å². The van der Waals surface area contributed by atoms with E-state index in [1.807, 2.05) is 0 Å². The summed E-state index contributed by atoms with van der Waals surface area (Å²) < 4.78 is 4.16. The van der Waals surface area contributed by atoms with Crippen molar-refractivity contribution in [1.82, 2.24) is 0 Å².